The van der Waals surface area contributed by atoms with Crippen LogP contribution in [0.25, 0.3) is 0 Å². The smallest absolute Gasteiger partial charge is 0.333 e. The largest absolute Gasteiger partial charge is 0.460 e. The number of hydrogen-bond donors (Lipinski definition) is 0. The third-order valence-corrected chi connectivity index (χ3v) is 4.79. The van der Waals surface area contributed by atoms with Crippen molar-refractivity contribution in [2.75, 3.05) is 13.2 Å². The lowest BCUT2D eigenvalue weighted by Crippen LogP contribution is -2.57. The second-order valence-corrected chi connectivity index (χ2v) is 6.34. The summed E-state index contributed by atoms with van der Waals surface area (Å²) < 4.78 is 17.2. The molecule has 0 aromatic heterocycles. The van der Waals surface area contributed by atoms with Crippen molar-refractivity contribution in [3.8, 4) is 0 Å². The van der Waals surface area contributed by atoms with Crippen LogP contribution in [-0.4, -0.2) is 36.4 Å². The van der Waals surface area contributed by atoms with Crippen molar-refractivity contribution in [3.05, 3.63) is 24.3 Å². The van der Waals surface area contributed by atoms with E-state index in [1.807, 2.05) is 27.7 Å². The zero-order valence-electron chi connectivity index (χ0n) is 16.7. The zero-order chi connectivity index (χ0) is 19.7. The summed E-state index contributed by atoms with van der Waals surface area (Å²) >= 11 is 0. The zero-order valence-corrected chi connectivity index (χ0v) is 16.7. The number of carbonyl (C=O) groups is 2. The van der Waals surface area contributed by atoms with Gasteiger partial charge in [-0.2, -0.15) is 0 Å². The van der Waals surface area contributed by atoms with Crippen LogP contribution in [0, 0.1) is 0 Å². The average molecular weight is 354 g/mol. The standard InChI is InChI=1S/C20H34O5/c1-9-19(10-2,24-14-13-23-17(21)15(5)6)20(11-3,12-4)25-18(22)16(7)8/h5,7,9-14H2,1-4,6,8H3. The molecule has 0 aromatic carbocycles. The van der Waals surface area contributed by atoms with Crippen molar-refractivity contribution >= 4 is 11.9 Å². The molecule has 0 bridgehead atoms. The number of rotatable bonds is 12. The molecule has 0 atom stereocenters. The van der Waals surface area contributed by atoms with Gasteiger partial charge < -0.3 is 14.2 Å². The van der Waals surface area contributed by atoms with Gasteiger partial charge in [0.1, 0.15) is 17.8 Å². The molecule has 0 aliphatic heterocycles. The Kier molecular flexibility index (Phi) is 9.72. The molecule has 144 valence electrons. The minimum absolute atomic E-state index is 0.130. The Balaban J connectivity index is 5.32. The Bertz CT molecular complexity index is 484. The first-order valence-electron chi connectivity index (χ1n) is 9.00. The van der Waals surface area contributed by atoms with Crippen LogP contribution in [0.5, 0.6) is 0 Å². The van der Waals surface area contributed by atoms with E-state index in [9.17, 15) is 9.59 Å². The van der Waals surface area contributed by atoms with E-state index in [2.05, 4.69) is 13.2 Å². The average Bonchev–Trinajstić information content (AvgIpc) is 2.59. The predicted molar refractivity (Wildman–Crippen MR) is 99.3 cm³/mol. The van der Waals surface area contributed by atoms with Gasteiger partial charge in [0.25, 0.3) is 0 Å². The summed E-state index contributed by atoms with van der Waals surface area (Å²) in [6.07, 6.45) is 2.58. The quantitative estimate of drug-likeness (QED) is 0.296. The van der Waals surface area contributed by atoms with E-state index >= 15 is 0 Å². The maximum absolute atomic E-state index is 12.2. The van der Waals surface area contributed by atoms with Crippen molar-refractivity contribution in [3.63, 3.8) is 0 Å². The predicted octanol–water partition coefficient (Wildman–Crippen LogP) is 4.36. The molecule has 0 fully saturated rings. The van der Waals surface area contributed by atoms with E-state index in [1.54, 1.807) is 13.8 Å². The third kappa shape index (κ3) is 5.70. The first-order valence-corrected chi connectivity index (χ1v) is 9.00. The Morgan fingerprint density at radius 3 is 1.56 bits per heavy atom. The van der Waals surface area contributed by atoms with Gasteiger partial charge in [0, 0.05) is 11.1 Å². The third-order valence-electron chi connectivity index (χ3n) is 4.79. The lowest BCUT2D eigenvalue weighted by atomic mass is 9.74. The molecule has 0 unspecified atom stereocenters. The van der Waals surface area contributed by atoms with Crippen LogP contribution >= 0.6 is 0 Å². The summed E-state index contributed by atoms with van der Waals surface area (Å²) in [5.41, 5.74) is -0.700. The summed E-state index contributed by atoms with van der Waals surface area (Å²) in [4.78, 5) is 23.7. The van der Waals surface area contributed by atoms with E-state index in [0.29, 0.717) is 36.8 Å². The molecule has 0 heterocycles. The molecule has 0 saturated heterocycles. The Morgan fingerprint density at radius 2 is 1.20 bits per heavy atom. The topological polar surface area (TPSA) is 61.8 Å². The second-order valence-electron chi connectivity index (χ2n) is 6.34. The van der Waals surface area contributed by atoms with Crippen LogP contribution < -0.4 is 0 Å². The Labute approximate surface area is 152 Å². The highest BCUT2D eigenvalue weighted by Gasteiger charge is 2.51. The highest BCUT2D eigenvalue weighted by molar-refractivity contribution is 5.87. The van der Waals surface area contributed by atoms with Crippen molar-refractivity contribution in [2.24, 2.45) is 0 Å². The molecule has 0 aromatic rings. The van der Waals surface area contributed by atoms with Gasteiger partial charge in [0.2, 0.25) is 0 Å². The maximum atomic E-state index is 12.2. The lowest BCUT2D eigenvalue weighted by Gasteiger charge is -2.48. The van der Waals surface area contributed by atoms with Crippen LogP contribution in [0.2, 0.25) is 0 Å². The molecular formula is C20H34O5. The number of ether oxygens (including phenoxy) is 3. The van der Waals surface area contributed by atoms with E-state index < -0.39 is 23.1 Å². The minimum atomic E-state index is -0.759. The molecule has 25 heavy (non-hydrogen) atoms. The summed E-state index contributed by atoms with van der Waals surface area (Å²) in [6.45, 7) is 18.8. The summed E-state index contributed by atoms with van der Waals surface area (Å²) in [7, 11) is 0. The molecular weight excluding hydrogens is 320 g/mol. The van der Waals surface area contributed by atoms with Crippen LogP contribution in [0.3, 0.4) is 0 Å². The molecule has 5 heteroatoms. The van der Waals surface area contributed by atoms with Gasteiger partial charge in [0.05, 0.1) is 6.61 Å². The molecule has 0 radical (unpaired) electrons. The van der Waals surface area contributed by atoms with E-state index in [-0.39, 0.29) is 13.2 Å². The molecule has 0 aliphatic rings. The van der Waals surface area contributed by atoms with Crippen LogP contribution in [0.4, 0.5) is 0 Å². The van der Waals surface area contributed by atoms with Crippen LogP contribution in [0.15, 0.2) is 24.3 Å². The molecule has 0 amide bonds. The van der Waals surface area contributed by atoms with Crippen molar-refractivity contribution in [1.82, 2.24) is 0 Å². The van der Waals surface area contributed by atoms with Gasteiger partial charge in [-0.25, -0.2) is 9.59 Å². The summed E-state index contributed by atoms with van der Waals surface area (Å²) in [5.74, 6) is -0.847. The monoisotopic (exact) mass is 354 g/mol. The first-order chi connectivity index (χ1) is 11.6. The molecule has 5 nitrogen and oxygen atoms in total. The van der Waals surface area contributed by atoms with Crippen molar-refractivity contribution in [2.45, 2.75) is 78.4 Å². The summed E-state index contributed by atoms with van der Waals surface area (Å²) in [6, 6.07) is 0. The molecule has 0 N–H and O–H groups in total. The summed E-state index contributed by atoms with van der Waals surface area (Å²) in [5, 5.41) is 0. The van der Waals surface area contributed by atoms with Crippen molar-refractivity contribution < 1.29 is 23.8 Å². The fourth-order valence-corrected chi connectivity index (χ4v) is 3.12. The fraction of sp³-hybridized carbons (Fsp3) is 0.700. The fourth-order valence-electron chi connectivity index (χ4n) is 3.12. The first kappa shape index (κ1) is 23.4. The van der Waals surface area contributed by atoms with E-state index in [1.165, 1.54) is 0 Å². The second kappa shape index (κ2) is 10.4. The van der Waals surface area contributed by atoms with Crippen LogP contribution in [-0.2, 0) is 23.8 Å². The molecule has 0 rings (SSSR count). The molecule has 0 saturated carbocycles. The minimum Gasteiger partial charge on any atom is -0.460 e. The van der Waals surface area contributed by atoms with Gasteiger partial charge in [-0.1, -0.05) is 40.9 Å². The highest BCUT2D eigenvalue weighted by Crippen LogP contribution is 2.41. The van der Waals surface area contributed by atoms with E-state index in [4.69, 9.17) is 14.2 Å². The SMILES string of the molecule is C=C(C)C(=O)OCCOC(CC)(CC)C(CC)(CC)OC(=O)C(=C)C. The number of carbonyl (C=O) groups excluding carboxylic acids is 2. The molecule has 0 aliphatic carbocycles. The van der Waals surface area contributed by atoms with Gasteiger partial charge in [-0.05, 0) is 39.5 Å². The van der Waals surface area contributed by atoms with E-state index in [0.717, 1.165) is 0 Å². The van der Waals surface area contributed by atoms with Crippen molar-refractivity contribution in [1.29, 1.82) is 0 Å². The molecule has 0 spiro atoms. The highest BCUT2D eigenvalue weighted by atomic mass is 16.6. The van der Waals surface area contributed by atoms with Gasteiger partial charge in [-0.3, -0.25) is 0 Å². The van der Waals surface area contributed by atoms with Gasteiger partial charge in [-0.15, -0.1) is 0 Å². The Hall–Kier alpha value is -1.62. The Morgan fingerprint density at radius 1 is 0.760 bits per heavy atom. The van der Waals surface area contributed by atoms with Gasteiger partial charge >= 0.3 is 11.9 Å². The number of hydrogen-bond acceptors (Lipinski definition) is 5. The lowest BCUT2D eigenvalue weighted by molar-refractivity contribution is -0.218. The number of esters is 2. The van der Waals surface area contributed by atoms with Gasteiger partial charge in [0.15, 0.2) is 0 Å². The normalized spacial score (nSPS) is 11.8. The maximum Gasteiger partial charge on any atom is 0.333 e. The van der Waals surface area contributed by atoms with Crippen LogP contribution in [0.1, 0.15) is 67.2 Å².